The molecule has 0 radical (unpaired) electrons. The molecule has 7 heteroatoms. The van der Waals surface area contributed by atoms with Gasteiger partial charge in [0.05, 0.1) is 34.1 Å². The van der Waals surface area contributed by atoms with Gasteiger partial charge in [0.2, 0.25) is 0 Å². The summed E-state index contributed by atoms with van der Waals surface area (Å²) in [4.78, 5) is 20.8. The van der Waals surface area contributed by atoms with Crippen LogP contribution < -0.4 is 0 Å². The highest BCUT2D eigenvalue weighted by Crippen LogP contribution is 2.28. The van der Waals surface area contributed by atoms with Crippen LogP contribution in [0.2, 0.25) is 0 Å². The Hall–Kier alpha value is -3.61. The number of H-pyrrole nitrogens is 2. The summed E-state index contributed by atoms with van der Waals surface area (Å²) >= 11 is 0. The van der Waals surface area contributed by atoms with Gasteiger partial charge in [0.25, 0.3) is 0 Å². The second-order valence-corrected chi connectivity index (χ2v) is 5.37. The molecule has 5 aromatic heterocycles. The van der Waals surface area contributed by atoms with E-state index in [1.807, 2.05) is 30.3 Å². The molecule has 0 unspecified atom stereocenters. The first-order chi connectivity index (χ1) is 11.9. The van der Waals surface area contributed by atoms with Gasteiger partial charge in [0, 0.05) is 18.6 Å². The highest BCUT2D eigenvalue weighted by Gasteiger charge is 2.14. The average molecular weight is 313 g/mol. The highest BCUT2D eigenvalue weighted by atomic mass is 15.1. The first-order valence-corrected chi connectivity index (χ1v) is 7.44. The minimum absolute atomic E-state index is 0.727. The lowest BCUT2D eigenvalue weighted by Crippen LogP contribution is -1.89. The van der Waals surface area contributed by atoms with E-state index < -0.39 is 0 Å². The van der Waals surface area contributed by atoms with Gasteiger partial charge in [0.15, 0.2) is 0 Å². The molecule has 7 nitrogen and oxygen atoms in total. The fraction of sp³-hybridized carbons (Fsp3) is 0. The van der Waals surface area contributed by atoms with E-state index in [9.17, 15) is 0 Å². The van der Waals surface area contributed by atoms with Gasteiger partial charge < -0.3 is 4.98 Å². The van der Waals surface area contributed by atoms with E-state index in [1.54, 1.807) is 24.8 Å². The van der Waals surface area contributed by atoms with Crippen molar-refractivity contribution in [3.63, 3.8) is 0 Å². The summed E-state index contributed by atoms with van der Waals surface area (Å²) < 4.78 is 0. The molecular weight excluding hydrogens is 302 g/mol. The smallest absolute Gasteiger partial charge is 0.135 e. The maximum atomic E-state index is 4.72. The molecular formula is C17H11N7. The minimum Gasteiger partial charge on any atom is -0.352 e. The van der Waals surface area contributed by atoms with Crippen molar-refractivity contribution in [2.24, 2.45) is 0 Å². The zero-order valence-corrected chi connectivity index (χ0v) is 12.4. The molecule has 5 aromatic rings. The number of nitrogens with one attached hydrogen (secondary N) is 2. The largest absolute Gasteiger partial charge is 0.352 e. The van der Waals surface area contributed by atoms with Crippen molar-refractivity contribution < 1.29 is 0 Å². The number of aromatic nitrogens is 7. The molecule has 0 atom stereocenters. The number of pyridine rings is 2. The maximum Gasteiger partial charge on any atom is 0.135 e. The predicted octanol–water partition coefficient (Wildman–Crippen LogP) is 2.96. The van der Waals surface area contributed by atoms with Crippen molar-refractivity contribution in [2.45, 2.75) is 0 Å². The molecule has 0 amide bonds. The van der Waals surface area contributed by atoms with Gasteiger partial charge in [-0.05, 0) is 30.3 Å². The molecule has 2 N–H and O–H groups in total. The molecule has 0 aliphatic rings. The molecule has 0 bridgehead atoms. The minimum atomic E-state index is 0.727. The third-order valence-corrected chi connectivity index (χ3v) is 3.88. The van der Waals surface area contributed by atoms with E-state index in [0.29, 0.717) is 0 Å². The number of rotatable bonds is 2. The summed E-state index contributed by atoms with van der Waals surface area (Å²) in [6, 6.07) is 9.71. The molecule has 114 valence electrons. The van der Waals surface area contributed by atoms with E-state index in [-0.39, 0.29) is 0 Å². The van der Waals surface area contributed by atoms with Gasteiger partial charge in [-0.3, -0.25) is 20.1 Å². The van der Waals surface area contributed by atoms with Crippen LogP contribution in [0.3, 0.4) is 0 Å². The quantitative estimate of drug-likeness (QED) is 0.522. The van der Waals surface area contributed by atoms with Gasteiger partial charge in [-0.25, -0.2) is 4.98 Å². The molecule has 5 rings (SSSR count). The highest BCUT2D eigenvalue weighted by molar-refractivity contribution is 5.93. The summed E-state index contributed by atoms with van der Waals surface area (Å²) in [7, 11) is 0. The first kappa shape index (κ1) is 12.9. The van der Waals surface area contributed by atoms with Crippen LogP contribution in [0.4, 0.5) is 0 Å². The molecule has 24 heavy (non-hydrogen) atoms. The Morgan fingerprint density at radius 2 is 1.88 bits per heavy atom. The van der Waals surface area contributed by atoms with Gasteiger partial charge in [-0.2, -0.15) is 5.10 Å². The van der Waals surface area contributed by atoms with Crippen LogP contribution in [-0.4, -0.2) is 35.1 Å². The third-order valence-electron chi connectivity index (χ3n) is 3.88. The normalized spacial score (nSPS) is 11.3. The zero-order chi connectivity index (χ0) is 15.9. The SMILES string of the molecule is c1cnc2cc(-c3n[nH]c4ccc(-c5cnccn5)nc34)[nH]c2c1. The van der Waals surface area contributed by atoms with Crippen molar-refractivity contribution >= 4 is 22.1 Å². The number of hydrogen-bond donors (Lipinski definition) is 2. The van der Waals surface area contributed by atoms with Crippen molar-refractivity contribution in [1.29, 1.82) is 0 Å². The van der Waals surface area contributed by atoms with Crippen molar-refractivity contribution in [1.82, 2.24) is 35.1 Å². The van der Waals surface area contributed by atoms with Crippen molar-refractivity contribution in [3.05, 3.63) is 55.1 Å². The standard InChI is InChI=1S/C17H11N7/c1-2-10-13(19-5-1)8-14(21-10)17-16-12(23-24-17)4-3-11(22-16)15-9-18-6-7-20-15/h1-9,21H,(H,23,24). The van der Waals surface area contributed by atoms with Crippen LogP contribution in [-0.2, 0) is 0 Å². The second-order valence-electron chi connectivity index (χ2n) is 5.37. The van der Waals surface area contributed by atoms with Gasteiger partial charge in [0.1, 0.15) is 16.9 Å². The van der Waals surface area contributed by atoms with Crippen LogP contribution >= 0.6 is 0 Å². The Balaban J connectivity index is 1.71. The summed E-state index contributed by atoms with van der Waals surface area (Å²) in [6.45, 7) is 0. The van der Waals surface area contributed by atoms with Gasteiger partial charge in [-0.15, -0.1) is 0 Å². The Morgan fingerprint density at radius 3 is 2.75 bits per heavy atom. The molecule has 5 heterocycles. The molecule has 0 saturated heterocycles. The molecule has 0 aromatic carbocycles. The topological polar surface area (TPSA) is 96.0 Å². The number of hydrogen-bond acceptors (Lipinski definition) is 5. The molecule has 0 aliphatic heterocycles. The Kier molecular flexibility index (Phi) is 2.66. The second kappa shape index (κ2) is 4.95. The van der Waals surface area contributed by atoms with Crippen LogP contribution in [0, 0.1) is 0 Å². The Morgan fingerprint density at radius 1 is 0.875 bits per heavy atom. The molecule has 0 aliphatic carbocycles. The summed E-state index contributed by atoms with van der Waals surface area (Å²) in [5.41, 5.74) is 6.63. The van der Waals surface area contributed by atoms with Crippen LogP contribution in [0.1, 0.15) is 0 Å². The average Bonchev–Trinajstić information content (AvgIpc) is 3.25. The van der Waals surface area contributed by atoms with Crippen LogP contribution in [0.15, 0.2) is 55.1 Å². The van der Waals surface area contributed by atoms with E-state index in [4.69, 9.17) is 4.98 Å². The predicted molar refractivity (Wildman–Crippen MR) is 90.0 cm³/mol. The van der Waals surface area contributed by atoms with E-state index in [0.717, 1.165) is 44.8 Å². The summed E-state index contributed by atoms with van der Waals surface area (Å²) in [6.07, 6.45) is 6.76. The Labute approximate surface area is 135 Å². The summed E-state index contributed by atoms with van der Waals surface area (Å²) in [5, 5.41) is 7.43. The van der Waals surface area contributed by atoms with Crippen LogP contribution in [0.25, 0.3) is 44.8 Å². The number of nitrogens with zero attached hydrogens (tertiary/aromatic N) is 5. The summed E-state index contributed by atoms with van der Waals surface area (Å²) in [5.74, 6) is 0. The lowest BCUT2D eigenvalue weighted by atomic mass is 10.2. The molecule has 0 fully saturated rings. The first-order valence-electron chi connectivity index (χ1n) is 7.44. The van der Waals surface area contributed by atoms with Crippen LogP contribution in [0.5, 0.6) is 0 Å². The third kappa shape index (κ3) is 1.95. The van der Waals surface area contributed by atoms with Crippen molar-refractivity contribution in [2.75, 3.05) is 0 Å². The lowest BCUT2D eigenvalue weighted by molar-refractivity contribution is 1.12. The molecule has 0 saturated carbocycles. The van der Waals surface area contributed by atoms with E-state index in [2.05, 4.69) is 30.1 Å². The number of aromatic amines is 2. The number of fused-ring (bicyclic) bond motifs is 2. The molecule has 0 spiro atoms. The van der Waals surface area contributed by atoms with Crippen molar-refractivity contribution in [3.8, 4) is 22.8 Å². The Bertz CT molecular complexity index is 1120. The fourth-order valence-electron chi connectivity index (χ4n) is 2.74. The van der Waals surface area contributed by atoms with Gasteiger partial charge >= 0.3 is 0 Å². The monoisotopic (exact) mass is 313 g/mol. The lowest BCUT2D eigenvalue weighted by Gasteiger charge is -1.99. The van der Waals surface area contributed by atoms with E-state index >= 15 is 0 Å². The van der Waals surface area contributed by atoms with Gasteiger partial charge in [-0.1, -0.05) is 0 Å². The zero-order valence-electron chi connectivity index (χ0n) is 12.4. The van der Waals surface area contributed by atoms with E-state index in [1.165, 1.54) is 0 Å². The maximum absolute atomic E-state index is 4.72. The fourth-order valence-corrected chi connectivity index (χ4v) is 2.74.